The highest BCUT2D eigenvalue weighted by atomic mass is 16.3. The number of rotatable bonds is 3. The molecular weight excluding hydrogens is 306 g/mol. The minimum atomic E-state index is 0.338. The first-order valence-corrected chi connectivity index (χ1v) is 9.91. The fraction of sp³-hybridized carbons (Fsp3) is 0.522. The number of aromatic hydroxyl groups is 1. The Balaban J connectivity index is 1.42. The smallest absolute Gasteiger partial charge is 0.124 e. The molecule has 0 spiro atoms. The first-order chi connectivity index (χ1) is 12.2. The van der Waals surface area contributed by atoms with Gasteiger partial charge in [0.1, 0.15) is 5.75 Å². The third-order valence-corrected chi connectivity index (χ3v) is 7.12. The third kappa shape index (κ3) is 2.76. The molecule has 2 heteroatoms. The van der Waals surface area contributed by atoms with Crippen molar-refractivity contribution >= 4 is 17.0 Å². The first kappa shape index (κ1) is 15.4. The topological polar surface area (TPSA) is 32.6 Å². The third-order valence-electron chi connectivity index (χ3n) is 7.12. The van der Waals surface area contributed by atoms with Crippen LogP contribution in [0.25, 0.3) is 10.8 Å². The summed E-state index contributed by atoms with van der Waals surface area (Å²) in [6, 6.07) is 12.0. The van der Waals surface area contributed by atoms with Crippen LogP contribution in [0.4, 0.5) is 0 Å². The number of fused-ring (bicyclic) bond motifs is 2. The van der Waals surface area contributed by atoms with E-state index in [2.05, 4.69) is 12.1 Å². The van der Waals surface area contributed by atoms with E-state index in [9.17, 15) is 5.11 Å². The van der Waals surface area contributed by atoms with Crippen LogP contribution in [-0.4, -0.2) is 17.9 Å². The van der Waals surface area contributed by atoms with E-state index in [0.29, 0.717) is 11.2 Å². The van der Waals surface area contributed by atoms with Gasteiger partial charge in [0.25, 0.3) is 0 Å². The standard InChI is InChI=1S/C23H27NO/c25-22-6-5-19-3-1-2-4-20(19)21(22)14-24-15-23-8-7-16-9-17(12-23)11-18(10-16)13-23/h1-6,14,16-18,25H,7-13,15H2/t16?,17-,18+,23?. The van der Waals surface area contributed by atoms with E-state index in [1.54, 1.807) is 6.07 Å². The van der Waals surface area contributed by atoms with Gasteiger partial charge in [0.15, 0.2) is 0 Å². The molecule has 0 saturated heterocycles. The maximum atomic E-state index is 10.3. The SMILES string of the molecule is Oc1ccc2ccccc2c1C=NCC12CCC3C[C@H](C[C@H](C3)C1)C2. The zero-order valence-electron chi connectivity index (χ0n) is 14.8. The summed E-state index contributed by atoms with van der Waals surface area (Å²) in [5.74, 6) is 3.26. The Labute approximate surface area is 150 Å². The lowest BCUT2D eigenvalue weighted by Gasteiger charge is -2.44. The van der Waals surface area contributed by atoms with Crippen LogP contribution in [-0.2, 0) is 0 Å². The number of aliphatic imine (C=N–C) groups is 1. The second-order valence-electron chi connectivity index (χ2n) is 8.94. The van der Waals surface area contributed by atoms with Crippen LogP contribution in [0.1, 0.15) is 50.5 Å². The van der Waals surface area contributed by atoms with Crippen LogP contribution in [0.5, 0.6) is 5.75 Å². The molecule has 0 radical (unpaired) electrons. The second kappa shape index (κ2) is 5.86. The first-order valence-electron chi connectivity index (χ1n) is 9.91. The molecule has 4 fully saturated rings. The lowest BCUT2D eigenvalue weighted by atomic mass is 9.61. The molecule has 4 atom stereocenters. The Morgan fingerprint density at radius 3 is 2.60 bits per heavy atom. The van der Waals surface area contributed by atoms with Crippen LogP contribution in [0.15, 0.2) is 41.4 Å². The van der Waals surface area contributed by atoms with Crippen LogP contribution in [0, 0.1) is 23.2 Å². The Morgan fingerprint density at radius 1 is 1.00 bits per heavy atom. The zero-order valence-corrected chi connectivity index (χ0v) is 14.8. The highest BCUT2D eigenvalue weighted by Gasteiger charge is 2.47. The Kier molecular flexibility index (Phi) is 3.62. The van der Waals surface area contributed by atoms with Gasteiger partial charge in [0, 0.05) is 18.3 Å². The summed E-state index contributed by atoms with van der Waals surface area (Å²) in [7, 11) is 0. The lowest BCUT2D eigenvalue weighted by molar-refractivity contribution is 0.0728. The average Bonchev–Trinajstić information content (AvgIpc) is 2.81. The minimum Gasteiger partial charge on any atom is -0.507 e. The van der Waals surface area contributed by atoms with Gasteiger partial charge < -0.3 is 5.11 Å². The van der Waals surface area contributed by atoms with Gasteiger partial charge in [-0.15, -0.1) is 0 Å². The number of nitrogens with zero attached hydrogens (tertiary/aromatic N) is 1. The van der Waals surface area contributed by atoms with E-state index in [4.69, 9.17) is 4.99 Å². The van der Waals surface area contributed by atoms with E-state index in [1.807, 2.05) is 24.4 Å². The molecule has 6 rings (SSSR count). The van der Waals surface area contributed by atoms with Crippen molar-refractivity contribution in [2.24, 2.45) is 28.2 Å². The fourth-order valence-electron chi connectivity index (χ4n) is 6.25. The van der Waals surface area contributed by atoms with Crippen molar-refractivity contribution in [3.8, 4) is 5.75 Å². The Morgan fingerprint density at radius 2 is 1.76 bits per heavy atom. The molecule has 130 valence electrons. The molecule has 25 heavy (non-hydrogen) atoms. The summed E-state index contributed by atoms with van der Waals surface area (Å²) in [5, 5.41) is 12.6. The quantitative estimate of drug-likeness (QED) is 0.732. The van der Waals surface area contributed by atoms with Gasteiger partial charge in [-0.1, -0.05) is 30.3 Å². The summed E-state index contributed by atoms with van der Waals surface area (Å²) in [6.07, 6.45) is 11.9. The molecule has 0 amide bonds. The van der Waals surface area contributed by atoms with Crippen molar-refractivity contribution in [2.75, 3.05) is 6.54 Å². The molecular formula is C23H27NO. The van der Waals surface area contributed by atoms with Crippen molar-refractivity contribution in [2.45, 2.75) is 44.9 Å². The minimum absolute atomic E-state index is 0.338. The highest BCUT2D eigenvalue weighted by Crippen LogP contribution is 2.57. The normalized spacial score (nSPS) is 34.0. The van der Waals surface area contributed by atoms with Crippen molar-refractivity contribution in [3.05, 3.63) is 42.0 Å². The van der Waals surface area contributed by atoms with Gasteiger partial charge in [0.2, 0.25) is 0 Å². The highest BCUT2D eigenvalue weighted by molar-refractivity contribution is 6.02. The lowest BCUT2D eigenvalue weighted by Crippen LogP contribution is -2.36. The summed E-state index contributed by atoms with van der Waals surface area (Å²) in [5.41, 5.74) is 1.31. The van der Waals surface area contributed by atoms with Gasteiger partial charge in [-0.2, -0.15) is 0 Å². The maximum Gasteiger partial charge on any atom is 0.124 e. The molecule has 2 nitrogen and oxygen atoms in total. The molecule has 1 N–H and O–H groups in total. The monoisotopic (exact) mass is 333 g/mol. The molecule has 2 unspecified atom stereocenters. The zero-order chi connectivity index (χ0) is 16.9. The summed E-state index contributed by atoms with van der Waals surface area (Å²) in [6.45, 7) is 0.940. The average molecular weight is 333 g/mol. The predicted octanol–water partition coefficient (Wildman–Crippen LogP) is 5.57. The molecule has 0 aromatic heterocycles. The Hall–Kier alpha value is -1.83. The van der Waals surface area contributed by atoms with Crippen LogP contribution >= 0.6 is 0 Å². The van der Waals surface area contributed by atoms with Gasteiger partial charge in [0.05, 0.1) is 0 Å². The number of phenols is 1. The van der Waals surface area contributed by atoms with Gasteiger partial charge >= 0.3 is 0 Å². The van der Waals surface area contributed by atoms with Gasteiger partial charge in [-0.25, -0.2) is 0 Å². The molecule has 2 aromatic carbocycles. The van der Waals surface area contributed by atoms with Crippen molar-refractivity contribution in [1.29, 1.82) is 0 Å². The molecule has 4 saturated carbocycles. The summed E-state index contributed by atoms with van der Waals surface area (Å²) < 4.78 is 0. The van der Waals surface area contributed by atoms with Crippen LogP contribution in [0.2, 0.25) is 0 Å². The molecule has 2 aromatic rings. The van der Waals surface area contributed by atoms with Crippen molar-refractivity contribution < 1.29 is 5.11 Å². The van der Waals surface area contributed by atoms with E-state index >= 15 is 0 Å². The van der Waals surface area contributed by atoms with E-state index in [1.165, 1.54) is 44.9 Å². The number of hydrogen-bond acceptors (Lipinski definition) is 2. The van der Waals surface area contributed by atoms with Gasteiger partial charge in [-0.05, 0) is 85.0 Å². The van der Waals surface area contributed by atoms with E-state index < -0.39 is 0 Å². The fourth-order valence-corrected chi connectivity index (χ4v) is 6.25. The van der Waals surface area contributed by atoms with E-state index in [0.717, 1.165) is 40.6 Å². The predicted molar refractivity (Wildman–Crippen MR) is 103 cm³/mol. The number of phenolic OH excluding ortho intramolecular Hbond substituents is 1. The number of hydrogen-bond donors (Lipinski definition) is 1. The molecule has 4 aliphatic carbocycles. The van der Waals surface area contributed by atoms with Crippen LogP contribution in [0.3, 0.4) is 0 Å². The summed E-state index contributed by atoms with van der Waals surface area (Å²) >= 11 is 0. The molecule has 4 aliphatic rings. The molecule has 4 bridgehead atoms. The van der Waals surface area contributed by atoms with E-state index in [-0.39, 0.29) is 0 Å². The number of benzene rings is 2. The second-order valence-corrected chi connectivity index (χ2v) is 8.94. The van der Waals surface area contributed by atoms with Gasteiger partial charge in [-0.3, -0.25) is 4.99 Å². The maximum absolute atomic E-state index is 10.3. The van der Waals surface area contributed by atoms with Crippen LogP contribution < -0.4 is 0 Å². The van der Waals surface area contributed by atoms with Crippen molar-refractivity contribution in [1.82, 2.24) is 0 Å². The largest absolute Gasteiger partial charge is 0.507 e. The molecule has 0 heterocycles. The molecule has 0 aliphatic heterocycles. The Bertz CT molecular complexity index is 810. The summed E-state index contributed by atoms with van der Waals surface area (Å²) in [4.78, 5) is 4.90. The van der Waals surface area contributed by atoms with Crippen molar-refractivity contribution in [3.63, 3.8) is 0 Å².